The van der Waals surface area contributed by atoms with Crippen LogP contribution in [0.15, 0.2) is 66.9 Å². The molecule has 0 aliphatic carbocycles. The number of rotatable bonds is 4. The molecule has 0 unspecified atom stereocenters. The molecule has 5 heteroatoms. The number of carbonyl (C=O) groups excluding carboxylic acids is 1. The van der Waals surface area contributed by atoms with Crippen molar-refractivity contribution in [1.29, 1.82) is 0 Å². The van der Waals surface area contributed by atoms with E-state index in [1.54, 1.807) is 23.2 Å². The predicted molar refractivity (Wildman–Crippen MR) is 105 cm³/mol. The number of benzene rings is 2. The monoisotopic (exact) mass is 363 g/mol. The Balaban J connectivity index is 1.79. The fourth-order valence-corrected chi connectivity index (χ4v) is 3.43. The Morgan fingerprint density at radius 3 is 2.62 bits per heavy atom. The van der Waals surface area contributed by atoms with Gasteiger partial charge in [0.2, 0.25) is 0 Å². The summed E-state index contributed by atoms with van der Waals surface area (Å²) in [5, 5.41) is 4.08. The molecule has 2 aromatic carbocycles. The highest BCUT2D eigenvalue weighted by atomic mass is 35.5. The van der Waals surface area contributed by atoms with Gasteiger partial charge in [0.15, 0.2) is 0 Å². The Bertz CT molecular complexity index is 955. The summed E-state index contributed by atoms with van der Waals surface area (Å²) in [6.07, 6.45) is 2.15. The van der Waals surface area contributed by atoms with Crippen molar-refractivity contribution >= 4 is 29.0 Å². The quantitative estimate of drug-likeness (QED) is 0.704. The highest BCUT2D eigenvalue weighted by molar-refractivity contribution is 6.30. The number of nitrogens with zero attached hydrogens (tertiary/aromatic N) is 2. The Kier molecular flexibility index (Phi) is 4.35. The third kappa shape index (κ3) is 2.82. The van der Waals surface area contributed by atoms with Crippen LogP contribution in [0, 0.1) is 0 Å². The first-order chi connectivity index (χ1) is 12.7. The maximum atomic E-state index is 13.1. The minimum atomic E-state index is -0.319. The van der Waals surface area contributed by atoms with E-state index in [2.05, 4.69) is 23.3 Å². The SMILES string of the molecule is CCc1ccccc1N[C@@H]1c2ccccc2C(=O)N1c1ccc(Cl)cn1. The highest BCUT2D eigenvalue weighted by Gasteiger charge is 2.38. The zero-order chi connectivity index (χ0) is 18.1. The van der Waals surface area contributed by atoms with E-state index in [9.17, 15) is 4.79 Å². The lowest BCUT2D eigenvalue weighted by atomic mass is 10.1. The molecule has 0 bridgehead atoms. The van der Waals surface area contributed by atoms with Crippen molar-refractivity contribution in [2.75, 3.05) is 10.2 Å². The van der Waals surface area contributed by atoms with E-state index < -0.39 is 0 Å². The molecule has 1 amide bonds. The molecule has 3 aromatic rings. The van der Waals surface area contributed by atoms with E-state index in [1.165, 1.54) is 5.56 Å². The number of hydrogen-bond acceptors (Lipinski definition) is 3. The maximum absolute atomic E-state index is 13.1. The molecule has 26 heavy (non-hydrogen) atoms. The third-order valence-electron chi connectivity index (χ3n) is 4.61. The summed E-state index contributed by atoms with van der Waals surface area (Å²) in [6.45, 7) is 2.12. The molecule has 0 saturated heterocycles. The number of pyridine rings is 1. The van der Waals surface area contributed by atoms with Gasteiger partial charge in [0.25, 0.3) is 5.91 Å². The summed E-state index contributed by atoms with van der Waals surface area (Å²) in [6, 6.07) is 19.3. The number of halogens is 1. The van der Waals surface area contributed by atoms with E-state index in [4.69, 9.17) is 11.6 Å². The minimum absolute atomic E-state index is 0.0677. The maximum Gasteiger partial charge on any atom is 0.261 e. The van der Waals surface area contributed by atoms with Gasteiger partial charge in [0, 0.05) is 23.0 Å². The van der Waals surface area contributed by atoms with Crippen LogP contribution >= 0.6 is 11.6 Å². The number of aryl methyl sites for hydroxylation is 1. The van der Waals surface area contributed by atoms with Crippen LogP contribution in [0.3, 0.4) is 0 Å². The Labute approximate surface area is 157 Å². The van der Waals surface area contributed by atoms with E-state index >= 15 is 0 Å². The van der Waals surface area contributed by atoms with Crippen LogP contribution in [0.1, 0.15) is 34.6 Å². The van der Waals surface area contributed by atoms with Gasteiger partial charge >= 0.3 is 0 Å². The van der Waals surface area contributed by atoms with Crippen LogP contribution in [0.2, 0.25) is 5.02 Å². The van der Waals surface area contributed by atoms with Crippen molar-refractivity contribution in [2.24, 2.45) is 0 Å². The molecule has 1 aromatic heterocycles. The first-order valence-corrected chi connectivity index (χ1v) is 8.95. The van der Waals surface area contributed by atoms with Crippen molar-refractivity contribution in [3.8, 4) is 0 Å². The Morgan fingerprint density at radius 2 is 1.85 bits per heavy atom. The van der Waals surface area contributed by atoms with Crippen LogP contribution in [-0.4, -0.2) is 10.9 Å². The molecule has 130 valence electrons. The molecule has 1 atom stereocenters. The fraction of sp³-hybridized carbons (Fsp3) is 0.143. The first-order valence-electron chi connectivity index (χ1n) is 8.57. The van der Waals surface area contributed by atoms with Gasteiger partial charge in [0.1, 0.15) is 12.0 Å². The van der Waals surface area contributed by atoms with Crippen LogP contribution in [0.25, 0.3) is 0 Å². The number of carbonyl (C=O) groups is 1. The minimum Gasteiger partial charge on any atom is -0.361 e. The molecule has 1 aliphatic heterocycles. The van der Waals surface area contributed by atoms with Gasteiger partial charge in [-0.2, -0.15) is 0 Å². The normalized spacial score (nSPS) is 15.8. The standard InChI is InChI=1S/C21H18ClN3O/c1-2-14-7-3-6-10-18(14)24-20-16-8-4-5-9-17(16)21(26)25(20)19-12-11-15(22)13-23-19/h3-13,20,24H,2H2,1H3/t20-/m0/s1. The zero-order valence-corrected chi connectivity index (χ0v) is 15.1. The lowest BCUT2D eigenvalue weighted by molar-refractivity contribution is 0.0992. The van der Waals surface area contributed by atoms with Crippen molar-refractivity contribution in [3.05, 3.63) is 88.6 Å². The predicted octanol–water partition coefficient (Wildman–Crippen LogP) is 5.07. The van der Waals surface area contributed by atoms with Crippen LogP contribution in [-0.2, 0) is 6.42 Å². The van der Waals surface area contributed by atoms with E-state index in [0.29, 0.717) is 16.4 Å². The van der Waals surface area contributed by atoms with Crippen molar-refractivity contribution in [3.63, 3.8) is 0 Å². The van der Waals surface area contributed by atoms with Crippen molar-refractivity contribution in [1.82, 2.24) is 4.98 Å². The molecule has 0 fully saturated rings. The molecule has 4 nitrogen and oxygen atoms in total. The number of hydrogen-bond donors (Lipinski definition) is 1. The number of anilines is 2. The third-order valence-corrected chi connectivity index (χ3v) is 4.84. The van der Waals surface area contributed by atoms with Crippen LogP contribution in [0.4, 0.5) is 11.5 Å². The van der Waals surface area contributed by atoms with Crippen molar-refractivity contribution < 1.29 is 4.79 Å². The Morgan fingerprint density at radius 1 is 1.08 bits per heavy atom. The van der Waals surface area contributed by atoms with E-state index in [-0.39, 0.29) is 12.1 Å². The second-order valence-corrected chi connectivity index (χ2v) is 6.59. The van der Waals surface area contributed by atoms with Gasteiger partial charge in [-0.1, -0.05) is 54.9 Å². The highest BCUT2D eigenvalue weighted by Crippen LogP contribution is 2.38. The number of para-hydroxylation sites is 1. The second-order valence-electron chi connectivity index (χ2n) is 6.15. The van der Waals surface area contributed by atoms with Crippen LogP contribution in [0.5, 0.6) is 0 Å². The van der Waals surface area contributed by atoms with Gasteiger partial charge in [-0.05, 0) is 36.2 Å². The Hall–Kier alpha value is -2.85. The van der Waals surface area contributed by atoms with Gasteiger partial charge in [-0.3, -0.25) is 9.69 Å². The summed E-state index contributed by atoms with van der Waals surface area (Å²) in [7, 11) is 0. The molecule has 0 radical (unpaired) electrons. The summed E-state index contributed by atoms with van der Waals surface area (Å²) >= 11 is 5.97. The number of amides is 1. The van der Waals surface area contributed by atoms with Gasteiger partial charge in [-0.15, -0.1) is 0 Å². The summed E-state index contributed by atoms with van der Waals surface area (Å²) in [5.74, 6) is 0.504. The first kappa shape index (κ1) is 16.6. The topological polar surface area (TPSA) is 45.2 Å². The fourth-order valence-electron chi connectivity index (χ4n) is 3.32. The molecular formula is C21H18ClN3O. The van der Waals surface area contributed by atoms with Gasteiger partial charge in [-0.25, -0.2) is 4.98 Å². The average molecular weight is 364 g/mol. The molecule has 4 rings (SSSR count). The van der Waals surface area contributed by atoms with E-state index in [0.717, 1.165) is 17.7 Å². The molecule has 1 N–H and O–H groups in total. The van der Waals surface area contributed by atoms with Crippen molar-refractivity contribution in [2.45, 2.75) is 19.5 Å². The lowest BCUT2D eigenvalue weighted by Crippen LogP contribution is -2.33. The largest absolute Gasteiger partial charge is 0.361 e. The van der Waals surface area contributed by atoms with Crippen LogP contribution < -0.4 is 10.2 Å². The van der Waals surface area contributed by atoms with Gasteiger partial charge in [0.05, 0.1) is 5.02 Å². The van der Waals surface area contributed by atoms with Gasteiger partial charge < -0.3 is 5.32 Å². The summed E-state index contributed by atoms with van der Waals surface area (Å²) < 4.78 is 0. The molecule has 0 saturated carbocycles. The number of aromatic nitrogens is 1. The summed E-state index contributed by atoms with van der Waals surface area (Å²) in [4.78, 5) is 19.1. The molecular weight excluding hydrogens is 346 g/mol. The number of fused-ring (bicyclic) bond motifs is 1. The number of nitrogens with one attached hydrogen (secondary N) is 1. The molecule has 1 aliphatic rings. The lowest BCUT2D eigenvalue weighted by Gasteiger charge is -2.27. The molecule has 0 spiro atoms. The van der Waals surface area contributed by atoms with E-state index in [1.807, 2.05) is 42.5 Å². The average Bonchev–Trinajstić information content (AvgIpc) is 2.95. The second kappa shape index (κ2) is 6.81. The molecule has 2 heterocycles. The summed E-state index contributed by atoms with van der Waals surface area (Å²) in [5.41, 5.74) is 3.85. The smallest absolute Gasteiger partial charge is 0.261 e. The zero-order valence-electron chi connectivity index (χ0n) is 14.3.